The highest BCUT2D eigenvalue weighted by atomic mass is 32.2. The van der Waals surface area contributed by atoms with Gasteiger partial charge in [-0.05, 0) is 49.7 Å². The molecular formula is C19H23NO6S. The van der Waals surface area contributed by atoms with Crippen LogP contribution in [0.2, 0.25) is 0 Å². The Morgan fingerprint density at radius 2 is 1.78 bits per heavy atom. The number of carbonyl (C=O) groups is 1. The summed E-state index contributed by atoms with van der Waals surface area (Å²) in [5.74, 6) is -0.0361. The van der Waals surface area contributed by atoms with E-state index in [9.17, 15) is 13.2 Å². The third kappa shape index (κ3) is 5.21. The number of esters is 1. The molecule has 0 bridgehead atoms. The molecule has 146 valence electrons. The highest BCUT2D eigenvalue weighted by Gasteiger charge is 2.20. The summed E-state index contributed by atoms with van der Waals surface area (Å²) in [6, 6.07) is 9.37. The molecule has 27 heavy (non-hydrogen) atoms. The van der Waals surface area contributed by atoms with E-state index < -0.39 is 16.0 Å². The lowest BCUT2D eigenvalue weighted by atomic mass is 10.1. The van der Waals surface area contributed by atoms with E-state index in [1.54, 1.807) is 39.2 Å². The van der Waals surface area contributed by atoms with Crippen molar-refractivity contribution in [3.8, 4) is 5.75 Å². The standard InChI is InChI=1S/C19H23NO6S/c1-13-5-7-17(16(11-13)19(21)25-4)20-27(22,23)15-6-8-18(14(2)12-15)26-10-9-24-3/h5-8,11-12,20H,9-10H2,1-4H3. The predicted octanol–water partition coefficient (Wildman–Crippen LogP) is 2.92. The number of aryl methyl sites for hydroxylation is 2. The second-order valence-corrected chi connectivity index (χ2v) is 7.60. The Hall–Kier alpha value is -2.58. The minimum absolute atomic E-state index is 0.0653. The van der Waals surface area contributed by atoms with Crippen LogP contribution in [0.4, 0.5) is 5.69 Å². The maximum absolute atomic E-state index is 12.7. The van der Waals surface area contributed by atoms with E-state index >= 15 is 0 Å². The van der Waals surface area contributed by atoms with E-state index in [2.05, 4.69) is 4.72 Å². The van der Waals surface area contributed by atoms with E-state index in [4.69, 9.17) is 14.2 Å². The minimum Gasteiger partial charge on any atom is -0.491 e. The number of rotatable bonds is 8. The third-order valence-electron chi connectivity index (χ3n) is 3.83. The molecule has 0 saturated heterocycles. The van der Waals surface area contributed by atoms with E-state index in [1.807, 2.05) is 0 Å². The molecule has 0 unspecified atom stereocenters. The van der Waals surface area contributed by atoms with E-state index in [0.717, 1.165) is 5.56 Å². The van der Waals surface area contributed by atoms with Crippen molar-refractivity contribution in [2.75, 3.05) is 32.2 Å². The van der Waals surface area contributed by atoms with Gasteiger partial charge < -0.3 is 14.2 Å². The van der Waals surface area contributed by atoms with Gasteiger partial charge >= 0.3 is 5.97 Å². The van der Waals surface area contributed by atoms with Gasteiger partial charge in [-0.15, -0.1) is 0 Å². The van der Waals surface area contributed by atoms with Gasteiger partial charge in [0.25, 0.3) is 10.0 Å². The molecule has 0 aliphatic carbocycles. The van der Waals surface area contributed by atoms with Gasteiger partial charge in [0.2, 0.25) is 0 Å². The number of sulfonamides is 1. The Labute approximate surface area is 159 Å². The van der Waals surface area contributed by atoms with Gasteiger partial charge in [-0.25, -0.2) is 13.2 Å². The Morgan fingerprint density at radius 1 is 1.04 bits per heavy atom. The van der Waals surface area contributed by atoms with Gasteiger partial charge in [0, 0.05) is 7.11 Å². The smallest absolute Gasteiger partial charge is 0.340 e. The molecule has 8 heteroatoms. The van der Waals surface area contributed by atoms with Crippen LogP contribution in [-0.2, 0) is 19.5 Å². The summed E-state index contributed by atoms with van der Waals surface area (Å²) in [4.78, 5) is 12.0. The molecule has 0 heterocycles. The van der Waals surface area contributed by atoms with Crippen LogP contribution in [-0.4, -0.2) is 41.8 Å². The first-order chi connectivity index (χ1) is 12.8. The molecular weight excluding hydrogens is 370 g/mol. The fraction of sp³-hybridized carbons (Fsp3) is 0.316. The summed E-state index contributed by atoms with van der Waals surface area (Å²) >= 11 is 0. The number of ether oxygens (including phenoxy) is 3. The first kappa shape index (κ1) is 20.7. The van der Waals surface area contributed by atoms with Crippen molar-refractivity contribution in [3.63, 3.8) is 0 Å². The molecule has 7 nitrogen and oxygen atoms in total. The Kier molecular flexibility index (Phi) is 6.81. The second kappa shape index (κ2) is 8.88. The molecule has 0 amide bonds. The SMILES string of the molecule is COCCOc1ccc(S(=O)(=O)Nc2ccc(C)cc2C(=O)OC)cc1C. The van der Waals surface area contributed by atoms with E-state index in [0.29, 0.717) is 24.5 Å². The molecule has 0 fully saturated rings. The number of methoxy groups -OCH3 is 2. The molecule has 0 aliphatic heterocycles. The lowest BCUT2D eigenvalue weighted by molar-refractivity contribution is 0.0602. The fourth-order valence-corrected chi connectivity index (χ4v) is 3.58. The van der Waals surface area contributed by atoms with Crippen molar-refractivity contribution in [1.82, 2.24) is 0 Å². The number of benzene rings is 2. The quantitative estimate of drug-likeness (QED) is 0.548. The Morgan fingerprint density at radius 3 is 2.41 bits per heavy atom. The van der Waals surface area contributed by atoms with E-state index in [1.165, 1.54) is 25.3 Å². The molecule has 0 aromatic heterocycles. The zero-order valence-corrected chi connectivity index (χ0v) is 16.6. The van der Waals surface area contributed by atoms with Gasteiger partial charge in [0.1, 0.15) is 12.4 Å². The van der Waals surface area contributed by atoms with Crippen LogP contribution in [0.3, 0.4) is 0 Å². The monoisotopic (exact) mass is 393 g/mol. The summed E-state index contributed by atoms with van der Waals surface area (Å²) in [5, 5.41) is 0. The third-order valence-corrected chi connectivity index (χ3v) is 5.19. The van der Waals surface area contributed by atoms with Crippen molar-refractivity contribution >= 4 is 21.7 Å². The summed E-state index contributed by atoms with van der Waals surface area (Å²) in [6.45, 7) is 4.36. The van der Waals surface area contributed by atoms with Crippen LogP contribution in [0, 0.1) is 13.8 Å². The van der Waals surface area contributed by atoms with Gasteiger partial charge in [-0.1, -0.05) is 11.6 Å². The zero-order chi connectivity index (χ0) is 20.0. The lowest BCUT2D eigenvalue weighted by Crippen LogP contribution is -2.16. The van der Waals surface area contributed by atoms with Crippen molar-refractivity contribution in [2.24, 2.45) is 0 Å². The summed E-state index contributed by atoms with van der Waals surface area (Å²) in [7, 11) is -1.07. The predicted molar refractivity (Wildman–Crippen MR) is 102 cm³/mol. The molecule has 0 spiro atoms. The van der Waals surface area contributed by atoms with Gasteiger partial charge in [0.15, 0.2) is 0 Å². The number of anilines is 1. The van der Waals surface area contributed by atoms with Crippen LogP contribution in [0.25, 0.3) is 0 Å². The minimum atomic E-state index is -3.89. The van der Waals surface area contributed by atoms with Crippen LogP contribution in [0.5, 0.6) is 5.75 Å². The molecule has 2 aromatic rings. The highest BCUT2D eigenvalue weighted by molar-refractivity contribution is 7.92. The zero-order valence-electron chi connectivity index (χ0n) is 15.7. The topological polar surface area (TPSA) is 90.9 Å². The van der Waals surface area contributed by atoms with Crippen LogP contribution < -0.4 is 9.46 Å². The molecule has 0 radical (unpaired) electrons. The average Bonchev–Trinajstić information content (AvgIpc) is 2.63. The number of carbonyl (C=O) groups excluding carboxylic acids is 1. The average molecular weight is 393 g/mol. The van der Waals surface area contributed by atoms with Crippen molar-refractivity contribution in [3.05, 3.63) is 53.1 Å². The van der Waals surface area contributed by atoms with Crippen molar-refractivity contribution in [1.29, 1.82) is 0 Å². The maximum Gasteiger partial charge on any atom is 0.340 e. The van der Waals surface area contributed by atoms with E-state index in [-0.39, 0.29) is 16.1 Å². The summed E-state index contributed by atoms with van der Waals surface area (Å²) < 4.78 is 43.2. The first-order valence-corrected chi connectivity index (χ1v) is 9.71. The van der Waals surface area contributed by atoms with Crippen LogP contribution >= 0.6 is 0 Å². The maximum atomic E-state index is 12.7. The van der Waals surface area contributed by atoms with Crippen LogP contribution in [0.15, 0.2) is 41.3 Å². The molecule has 0 aliphatic rings. The van der Waals surface area contributed by atoms with Crippen molar-refractivity contribution in [2.45, 2.75) is 18.7 Å². The molecule has 1 N–H and O–H groups in total. The lowest BCUT2D eigenvalue weighted by Gasteiger charge is -2.14. The van der Waals surface area contributed by atoms with Crippen molar-refractivity contribution < 1.29 is 27.4 Å². The fourth-order valence-electron chi connectivity index (χ4n) is 2.42. The Bertz CT molecular complexity index is 924. The molecule has 0 atom stereocenters. The summed E-state index contributed by atoms with van der Waals surface area (Å²) in [6.07, 6.45) is 0. The molecule has 0 saturated carbocycles. The first-order valence-electron chi connectivity index (χ1n) is 8.22. The molecule has 2 rings (SSSR count). The molecule has 2 aromatic carbocycles. The largest absolute Gasteiger partial charge is 0.491 e. The number of hydrogen-bond donors (Lipinski definition) is 1. The second-order valence-electron chi connectivity index (χ2n) is 5.91. The van der Waals surface area contributed by atoms with Crippen LogP contribution in [0.1, 0.15) is 21.5 Å². The number of hydrogen-bond acceptors (Lipinski definition) is 6. The summed E-state index contributed by atoms with van der Waals surface area (Å²) in [5.41, 5.74) is 1.79. The van der Waals surface area contributed by atoms with Gasteiger partial charge in [-0.2, -0.15) is 0 Å². The number of nitrogens with one attached hydrogen (secondary N) is 1. The van der Waals surface area contributed by atoms with Gasteiger partial charge in [-0.3, -0.25) is 4.72 Å². The normalized spacial score (nSPS) is 11.1. The van der Waals surface area contributed by atoms with Gasteiger partial charge in [0.05, 0.1) is 29.9 Å². The Balaban J connectivity index is 2.30. The highest BCUT2D eigenvalue weighted by Crippen LogP contribution is 2.25.